The van der Waals surface area contributed by atoms with E-state index in [2.05, 4.69) is 52.8 Å². The number of likely N-dealkylation sites (tertiary alicyclic amines) is 1. The number of phenols is 1. The summed E-state index contributed by atoms with van der Waals surface area (Å²) in [5, 5.41) is 74.1. The fourth-order valence-electron chi connectivity index (χ4n) is 10.8. The maximum Gasteiger partial charge on any atom is 0.326 e. The molecule has 0 bridgehead atoms. The Labute approximate surface area is 566 Å². The highest BCUT2D eigenvalue weighted by Crippen LogP contribution is 2.26. The van der Waals surface area contributed by atoms with Crippen molar-refractivity contribution in [3.63, 3.8) is 0 Å². The van der Waals surface area contributed by atoms with Gasteiger partial charge in [-0.1, -0.05) is 96.1 Å². The Morgan fingerprint density at radius 2 is 1.24 bits per heavy atom. The molecule has 31 nitrogen and oxygen atoms in total. The quantitative estimate of drug-likeness (QED) is 0.0240. The van der Waals surface area contributed by atoms with E-state index < -0.39 is 180 Å². The molecule has 4 aromatic rings. The van der Waals surface area contributed by atoms with E-state index in [1.165, 1.54) is 45.0 Å². The number of carboxylic acid groups (broad SMARTS) is 3. The number of fused-ring (bicyclic) bond motifs is 1. The third-order valence-electron chi connectivity index (χ3n) is 16.2. The van der Waals surface area contributed by atoms with Crippen LogP contribution in [0.5, 0.6) is 5.75 Å². The van der Waals surface area contributed by atoms with Gasteiger partial charge in [0, 0.05) is 60.8 Å². The Morgan fingerprint density at radius 3 is 1.86 bits per heavy atom. The molecule has 0 radical (unpaired) electrons. The standard InChI is InChI=1S/C64H85N13O18S2/c1-33(2)52(64(94)95)75-61(91)48-32-97-96-31-47(73-59(89)46(29-51(82)83)72-62(92)49-17-11-25-77(49)63(93)53(34(3)78)76-54(84)40(66)22-23-50(80)81)60(90)70-43(26-35-12-5-4-6-13-35)56(86)71-45(28-37-30-67-41-15-8-7-14-39(37)41)58(88)68-42(16-9-10-24-65)55(85)69-44(57(87)74-48)27-36-18-20-38(79)21-19-36/h4-8,12-15,18-21,30,33-34,40,42-49,52-53,67,78-79H,9-11,16-17,22-29,31-32,65-66H2,1-3H3,(H,68,88)(H,69,85)(H,70,90)(H,71,86)(H,72,92)(H,73,89)(H,74,87)(H,75,91)(H,76,84)(H,80,81)(H,82,83)(H,94,95)/t34-,40+,42?,43+,44+,45?,46+,47?,48+,49+,52+,53+/m1/s1. The number of benzene rings is 3. The summed E-state index contributed by atoms with van der Waals surface area (Å²) in [6.07, 6.45) is -1.85. The van der Waals surface area contributed by atoms with Crippen LogP contribution in [0.3, 0.4) is 0 Å². The SMILES string of the molecule is CC(C)[C@H](NC(=O)[C@@H]1CSSCC(NC(=O)[C@H](CC(=O)O)NC(=O)[C@@H]2CCCN2C(=O)[C@@H](NC(=O)[C@@H](N)CCC(=O)O)[C@@H](C)O)C(=O)N[C@@H](Cc2ccccc2)C(=O)NC(Cc2c[nH]c3ccccc23)C(=O)NC(CCCCN)C(=O)N[C@@H](Cc2ccc(O)cc2)C(=O)N1)C(=O)O. The summed E-state index contributed by atoms with van der Waals surface area (Å²) < 4.78 is 0. The molecule has 2 fully saturated rings. The van der Waals surface area contributed by atoms with Gasteiger partial charge in [-0.15, -0.1) is 0 Å². The number of carbonyl (C=O) groups excluding carboxylic acids is 10. The maximum atomic E-state index is 15.1. The van der Waals surface area contributed by atoms with Crippen LogP contribution in [-0.2, 0) is 81.6 Å². The van der Waals surface area contributed by atoms with Crippen molar-refractivity contribution in [2.75, 3.05) is 24.6 Å². The smallest absolute Gasteiger partial charge is 0.326 e. The second-order valence-corrected chi connectivity index (χ2v) is 26.6. The fraction of sp³-hybridized carbons (Fsp3) is 0.484. The summed E-state index contributed by atoms with van der Waals surface area (Å²) in [7, 11) is 1.65. The van der Waals surface area contributed by atoms with Gasteiger partial charge in [0.15, 0.2) is 0 Å². The zero-order chi connectivity index (χ0) is 71.0. The van der Waals surface area contributed by atoms with Gasteiger partial charge in [-0.2, -0.15) is 0 Å². The number of rotatable bonds is 27. The Morgan fingerprint density at radius 1 is 0.649 bits per heavy atom. The van der Waals surface area contributed by atoms with Gasteiger partial charge in [-0.05, 0) is 92.8 Å². The van der Waals surface area contributed by atoms with E-state index in [0.717, 1.165) is 26.5 Å². The average Bonchev–Trinajstić information content (AvgIpc) is 1.75. The minimum Gasteiger partial charge on any atom is -0.508 e. The molecular formula is C64H85N13O18S2. The van der Waals surface area contributed by atoms with Gasteiger partial charge in [-0.3, -0.25) is 57.5 Å². The topological polar surface area (TPSA) is 502 Å². The van der Waals surface area contributed by atoms with E-state index in [0.29, 0.717) is 34.0 Å². The average molecular weight is 1390 g/mol. The second kappa shape index (κ2) is 37.3. The van der Waals surface area contributed by atoms with Gasteiger partial charge in [0.2, 0.25) is 59.1 Å². The number of aromatic hydroxyl groups is 1. The van der Waals surface area contributed by atoms with Crippen molar-refractivity contribution in [2.45, 2.75) is 164 Å². The largest absolute Gasteiger partial charge is 0.508 e. The molecule has 526 valence electrons. The van der Waals surface area contributed by atoms with Crippen molar-refractivity contribution in [3.8, 4) is 5.75 Å². The number of nitrogens with zero attached hydrogens (tertiary/aromatic N) is 1. The fourth-order valence-corrected chi connectivity index (χ4v) is 13.1. The van der Waals surface area contributed by atoms with Crippen molar-refractivity contribution in [2.24, 2.45) is 17.4 Å². The van der Waals surface area contributed by atoms with Crippen LogP contribution < -0.4 is 59.3 Å². The van der Waals surface area contributed by atoms with Crippen molar-refractivity contribution in [1.29, 1.82) is 0 Å². The molecule has 2 saturated heterocycles. The Kier molecular flexibility index (Phi) is 29.5. The van der Waals surface area contributed by atoms with E-state index in [9.17, 15) is 68.4 Å². The molecule has 0 spiro atoms. The number of nitrogens with two attached hydrogens (primary N) is 2. The van der Waals surface area contributed by atoms with Crippen molar-refractivity contribution < 1.29 is 87.9 Å². The molecule has 1 aromatic heterocycles. The minimum atomic E-state index is -2.00. The lowest BCUT2D eigenvalue weighted by Crippen LogP contribution is -2.62. The van der Waals surface area contributed by atoms with Crippen molar-refractivity contribution >= 4 is 109 Å². The zero-order valence-electron chi connectivity index (χ0n) is 53.7. The summed E-state index contributed by atoms with van der Waals surface area (Å²) in [4.78, 5) is 185. The van der Waals surface area contributed by atoms with Crippen LogP contribution in [0.1, 0.15) is 88.8 Å². The molecule has 12 atom stereocenters. The number of H-pyrrole nitrogens is 1. The molecule has 3 aromatic carbocycles. The molecule has 97 heavy (non-hydrogen) atoms. The number of carbonyl (C=O) groups is 13. The summed E-state index contributed by atoms with van der Waals surface area (Å²) in [6, 6.07) is 3.64. The maximum absolute atomic E-state index is 15.1. The molecule has 0 saturated carbocycles. The first kappa shape index (κ1) is 76.7. The molecule has 3 heterocycles. The summed E-state index contributed by atoms with van der Waals surface area (Å²) in [5.74, 6) is -16.0. The van der Waals surface area contributed by atoms with Gasteiger partial charge in [0.05, 0.1) is 18.6 Å². The number of phenolic OH excluding ortho intramolecular Hbond substituents is 1. The van der Waals surface area contributed by atoms with Crippen molar-refractivity contribution in [3.05, 3.63) is 102 Å². The third-order valence-corrected chi connectivity index (χ3v) is 18.6. The number of aromatic nitrogens is 1. The highest BCUT2D eigenvalue weighted by Gasteiger charge is 2.42. The van der Waals surface area contributed by atoms with Gasteiger partial charge >= 0.3 is 17.9 Å². The number of unbranched alkanes of at least 4 members (excludes halogenated alkanes) is 1. The number of aliphatic carboxylic acids is 3. The van der Waals surface area contributed by atoms with Crippen LogP contribution in [0.2, 0.25) is 0 Å². The predicted molar refractivity (Wildman–Crippen MR) is 355 cm³/mol. The van der Waals surface area contributed by atoms with Crippen LogP contribution in [0, 0.1) is 5.92 Å². The number of hydrogen-bond acceptors (Lipinski definition) is 19. The van der Waals surface area contributed by atoms with Crippen LogP contribution in [0.4, 0.5) is 0 Å². The molecule has 3 unspecified atom stereocenters. The molecule has 10 amide bonds. The number of aromatic amines is 1. The summed E-state index contributed by atoms with van der Waals surface area (Å²) >= 11 is 0. The number of amides is 10. The first-order valence-corrected chi connectivity index (χ1v) is 34.1. The lowest BCUT2D eigenvalue weighted by atomic mass is 10.0. The molecule has 0 aliphatic carbocycles. The first-order valence-electron chi connectivity index (χ1n) is 31.6. The predicted octanol–water partition coefficient (Wildman–Crippen LogP) is -1.43. The summed E-state index contributed by atoms with van der Waals surface area (Å²) in [5.41, 5.74) is 13.9. The molecule has 2 aliphatic rings. The Balaban J connectivity index is 1.41. The number of aliphatic hydroxyl groups is 1. The molecule has 6 rings (SSSR count). The minimum absolute atomic E-state index is 0.0443. The van der Waals surface area contributed by atoms with Gasteiger partial charge in [0.25, 0.3) is 0 Å². The van der Waals surface area contributed by atoms with E-state index in [-0.39, 0.29) is 70.2 Å². The van der Waals surface area contributed by atoms with Crippen LogP contribution in [-0.4, -0.2) is 210 Å². The lowest BCUT2D eigenvalue weighted by Gasteiger charge is -2.31. The normalized spacial score (nSPS) is 21.6. The van der Waals surface area contributed by atoms with E-state index in [1.54, 1.807) is 60.8 Å². The van der Waals surface area contributed by atoms with Crippen molar-refractivity contribution in [1.82, 2.24) is 57.7 Å². The monoisotopic (exact) mass is 1390 g/mol. The lowest BCUT2D eigenvalue weighted by molar-refractivity contribution is -0.145. The van der Waals surface area contributed by atoms with Crippen LogP contribution in [0.15, 0.2) is 85.1 Å². The first-order chi connectivity index (χ1) is 46.1. The van der Waals surface area contributed by atoms with Gasteiger partial charge in [-0.25, -0.2) is 4.79 Å². The van der Waals surface area contributed by atoms with E-state index >= 15 is 14.4 Å². The summed E-state index contributed by atoms with van der Waals surface area (Å²) in [6.45, 7) is 4.32. The number of aliphatic hydroxyl groups excluding tert-OH is 1. The highest BCUT2D eigenvalue weighted by molar-refractivity contribution is 8.76. The molecule has 19 N–H and O–H groups in total. The Bertz CT molecular complexity index is 3450. The molecular weight excluding hydrogens is 1300 g/mol. The number of para-hydroxylation sites is 1. The number of hydrogen-bond donors (Lipinski definition) is 17. The van der Waals surface area contributed by atoms with Crippen LogP contribution >= 0.6 is 21.6 Å². The molecule has 33 heteroatoms. The second-order valence-electron chi connectivity index (χ2n) is 24.0. The third kappa shape index (κ3) is 23.2. The van der Waals surface area contributed by atoms with Crippen LogP contribution in [0.25, 0.3) is 10.9 Å². The highest BCUT2D eigenvalue weighted by atomic mass is 33.1. The zero-order valence-corrected chi connectivity index (χ0v) is 55.3. The van der Waals surface area contributed by atoms with E-state index in [1.807, 2.05) is 0 Å². The van der Waals surface area contributed by atoms with E-state index in [4.69, 9.17) is 16.6 Å². The molecule has 2 aliphatic heterocycles. The number of carboxylic acids is 3. The number of nitrogens with one attached hydrogen (secondary N) is 10. The van der Waals surface area contributed by atoms with Gasteiger partial charge in [0.1, 0.15) is 66.2 Å². The Hall–Kier alpha value is -9.31. The van der Waals surface area contributed by atoms with Gasteiger partial charge < -0.3 is 94.7 Å².